The number of H-pyrrole nitrogens is 2. The first-order valence-electron chi connectivity index (χ1n) is 11.2. The van der Waals surface area contributed by atoms with E-state index in [4.69, 9.17) is 16.5 Å². The molecule has 0 atom stereocenters. The molecule has 1 fully saturated rings. The second kappa shape index (κ2) is 9.77. The number of imidazole rings is 2. The summed E-state index contributed by atoms with van der Waals surface area (Å²) in [6.45, 7) is 3.45. The smallest absolute Gasteiger partial charge is 0.276 e. The first-order valence-corrected chi connectivity index (χ1v) is 11.6. The number of piperidine rings is 1. The Morgan fingerprint density at radius 1 is 1.11 bits per heavy atom. The fourth-order valence-corrected chi connectivity index (χ4v) is 4.18. The quantitative estimate of drug-likeness (QED) is 0.299. The van der Waals surface area contributed by atoms with Gasteiger partial charge in [-0.3, -0.25) is 14.9 Å². The minimum Gasteiger partial charge on any atom is -0.490 e. The van der Waals surface area contributed by atoms with Gasteiger partial charge in [0.25, 0.3) is 11.8 Å². The van der Waals surface area contributed by atoms with E-state index in [2.05, 4.69) is 30.6 Å². The fourth-order valence-electron chi connectivity index (χ4n) is 3.99. The van der Waals surface area contributed by atoms with Crippen LogP contribution in [0.15, 0.2) is 48.8 Å². The maximum atomic E-state index is 12.9. The van der Waals surface area contributed by atoms with Crippen LogP contribution in [0.5, 0.6) is 5.75 Å². The van der Waals surface area contributed by atoms with Crippen LogP contribution in [0.2, 0.25) is 0 Å². The first-order chi connectivity index (χ1) is 17.0. The van der Waals surface area contributed by atoms with Crippen molar-refractivity contribution in [1.29, 1.82) is 0 Å². The summed E-state index contributed by atoms with van der Waals surface area (Å²) in [7, 11) is 0. The highest BCUT2D eigenvalue weighted by atomic mass is 35.5. The lowest BCUT2D eigenvalue weighted by molar-refractivity contribution is 0.0985. The SMILES string of the molecule is Cc1cc(OC2CCN(Cl)CC2)ccc1NC(=O)c1nc[nH]c1C(=O)Nc1nc2ccccc2[nH]1. The number of carbonyl (C=O) groups is 2. The van der Waals surface area contributed by atoms with Crippen molar-refractivity contribution < 1.29 is 14.3 Å². The Morgan fingerprint density at radius 2 is 1.91 bits per heavy atom. The summed E-state index contributed by atoms with van der Waals surface area (Å²) in [6, 6.07) is 12.9. The van der Waals surface area contributed by atoms with Crippen molar-refractivity contribution in [3.8, 4) is 5.75 Å². The summed E-state index contributed by atoms with van der Waals surface area (Å²) >= 11 is 6.01. The highest BCUT2D eigenvalue weighted by Gasteiger charge is 2.23. The molecule has 5 rings (SSSR count). The van der Waals surface area contributed by atoms with Crippen LogP contribution >= 0.6 is 11.8 Å². The molecule has 0 aliphatic carbocycles. The third-order valence-electron chi connectivity index (χ3n) is 5.84. The summed E-state index contributed by atoms with van der Waals surface area (Å²) in [5.74, 6) is -0.0260. The molecule has 2 aromatic heterocycles. The van der Waals surface area contributed by atoms with Gasteiger partial charge in [0.1, 0.15) is 17.5 Å². The molecule has 11 heteroatoms. The lowest BCUT2D eigenvalue weighted by Crippen LogP contribution is -2.33. The molecule has 2 amide bonds. The maximum absolute atomic E-state index is 12.9. The summed E-state index contributed by atoms with van der Waals surface area (Å²) < 4.78 is 7.84. The second-order valence-electron chi connectivity index (χ2n) is 8.34. The number of hydrogen-bond donors (Lipinski definition) is 4. The molecule has 1 aliphatic heterocycles. The van der Waals surface area contributed by atoms with Crippen LogP contribution in [0, 0.1) is 6.92 Å². The second-order valence-corrected chi connectivity index (χ2v) is 8.82. The Kier molecular flexibility index (Phi) is 6.39. The third-order valence-corrected chi connectivity index (χ3v) is 6.18. The van der Waals surface area contributed by atoms with Crippen molar-refractivity contribution in [1.82, 2.24) is 24.4 Å². The average molecular weight is 494 g/mol. The molecule has 0 saturated carbocycles. The van der Waals surface area contributed by atoms with Crippen molar-refractivity contribution in [2.24, 2.45) is 0 Å². The van der Waals surface area contributed by atoms with Gasteiger partial charge in [-0.05, 0) is 67.4 Å². The monoisotopic (exact) mass is 493 g/mol. The molecule has 0 bridgehead atoms. The zero-order valence-corrected chi connectivity index (χ0v) is 19.7. The average Bonchev–Trinajstić information content (AvgIpc) is 3.49. The Bertz CT molecular complexity index is 1340. The number of nitrogens with zero attached hydrogens (tertiary/aromatic N) is 3. The number of nitrogens with one attached hydrogen (secondary N) is 4. The van der Waals surface area contributed by atoms with Crippen LogP contribution < -0.4 is 15.4 Å². The Morgan fingerprint density at radius 3 is 2.69 bits per heavy atom. The number of aryl methyl sites for hydroxylation is 1. The van der Waals surface area contributed by atoms with Crippen LogP contribution in [0.3, 0.4) is 0 Å². The van der Waals surface area contributed by atoms with Gasteiger partial charge in [-0.1, -0.05) is 12.1 Å². The Balaban J connectivity index is 1.25. The van der Waals surface area contributed by atoms with E-state index in [1.807, 2.05) is 43.3 Å². The number of rotatable bonds is 6. The number of amides is 2. The van der Waals surface area contributed by atoms with Crippen molar-refractivity contribution >= 4 is 46.3 Å². The molecule has 4 N–H and O–H groups in total. The predicted octanol–water partition coefficient (Wildman–Crippen LogP) is 4.10. The van der Waals surface area contributed by atoms with E-state index in [9.17, 15) is 9.59 Å². The van der Waals surface area contributed by atoms with E-state index < -0.39 is 11.8 Å². The van der Waals surface area contributed by atoms with Gasteiger partial charge in [-0.25, -0.2) is 14.4 Å². The summed E-state index contributed by atoms with van der Waals surface area (Å²) in [6.07, 6.45) is 3.14. The zero-order chi connectivity index (χ0) is 24.4. The minimum absolute atomic E-state index is 0.0221. The number of ether oxygens (including phenoxy) is 1. The third kappa shape index (κ3) is 5.13. The number of anilines is 2. The number of hydrogen-bond acceptors (Lipinski definition) is 6. The molecule has 3 heterocycles. The van der Waals surface area contributed by atoms with Gasteiger partial charge in [0.2, 0.25) is 5.95 Å². The molecule has 0 radical (unpaired) electrons. The molecule has 1 aliphatic rings. The van der Waals surface area contributed by atoms with Gasteiger partial charge in [0.15, 0.2) is 5.69 Å². The number of benzene rings is 2. The summed E-state index contributed by atoms with van der Waals surface area (Å²) in [5, 5.41) is 5.49. The molecule has 4 aromatic rings. The van der Waals surface area contributed by atoms with Gasteiger partial charge in [0.05, 0.1) is 17.4 Å². The largest absolute Gasteiger partial charge is 0.490 e. The van der Waals surface area contributed by atoms with E-state index in [1.165, 1.54) is 6.33 Å². The number of aromatic amines is 2. The molecule has 0 unspecified atom stereocenters. The molecule has 35 heavy (non-hydrogen) atoms. The van der Waals surface area contributed by atoms with Crippen molar-refractivity contribution in [3.05, 3.63) is 65.7 Å². The van der Waals surface area contributed by atoms with Crippen LogP contribution in [0.1, 0.15) is 39.4 Å². The van der Waals surface area contributed by atoms with Gasteiger partial charge < -0.3 is 20.0 Å². The van der Waals surface area contributed by atoms with Crippen LogP contribution in [-0.4, -0.2) is 55.4 Å². The van der Waals surface area contributed by atoms with Crippen molar-refractivity contribution in [2.75, 3.05) is 23.7 Å². The van der Waals surface area contributed by atoms with Crippen LogP contribution in [0.25, 0.3) is 11.0 Å². The van der Waals surface area contributed by atoms with E-state index in [0.717, 1.165) is 48.3 Å². The zero-order valence-electron chi connectivity index (χ0n) is 19.0. The lowest BCUT2D eigenvalue weighted by Gasteiger charge is -2.27. The number of fused-ring (bicyclic) bond motifs is 1. The molecule has 180 valence electrons. The normalized spacial score (nSPS) is 14.7. The highest BCUT2D eigenvalue weighted by Crippen LogP contribution is 2.25. The summed E-state index contributed by atoms with van der Waals surface area (Å²) in [5.41, 5.74) is 2.95. The molecule has 2 aromatic carbocycles. The van der Waals surface area contributed by atoms with Crippen molar-refractivity contribution in [3.63, 3.8) is 0 Å². The number of halogens is 1. The van der Waals surface area contributed by atoms with E-state index in [1.54, 1.807) is 10.5 Å². The van der Waals surface area contributed by atoms with Gasteiger partial charge in [-0.15, -0.1) is 0 Å². The van der Waals surface area contributed by atoms with Gasteiger partial charge >= 0.3 is 0 Å². The molecule has 10 nitrogen and oxygen atoms in total. The van der Waals surface area contributed by atoms with E-state index >= 15 is 0 Å². The highest BCUT2D eigenvalue weighted by molar-refractivity contribution is 6.13. The Labute approximate surface area is 206 Å². The predicted molar refractivity (Wildman–Crippen MR) is 133 cm³/mol. The lowest BCUT2D eigenvalue weighted by atomic mass is 10.1. The standard InChI is InChI=1S/C24H24ClN7O3/c1-14-12-16(35-15-8-10-32(25)11-9-15)6-7-17(14)28-22(33)20-21(27-13-26-20)23(34)31-24-29-18-4-2-3-5-19(18)30-24/h2-7,12-13,15H,8-11H2,1H3,(H,26,27)(H,28,33)(H2,29,30,31,34). The topological polar surface area (TPSA) is 128 Å². The van der Waals surface area contributed by atoms with Crippen LogP contribution in [-0.2, 0) is 0 Å². The Hall–Kier alpha value is -3.89. The van der Waals surface area contributed by atoms with E-state index in [-0.39, 0.29) is 23.4 Å². The first kappa shape index (κ1) is 22.9. The van der Waals surface area contributed by atoms with Crippen LogP contribution in [0.4, 0.5) is 11.6 Å². The fraction of sp³-hybridized carbons (Fsp3) is 0.250. The number of aromatic nitrogens is 4. The minimum atomic E-state index is -0.532. The molecule has 1 saturated heterocycles. The molecule has 0 spiro atoms. The molecular weight excluding hydrogens is 470 g/mol. The number of carbonyl (C=O) groups excluding carboxylic acids is 2. The number of para-hydroxylation sites is 2. The van der Waals surface area contributed by atoms with Gasteiger partial charge in [-0.2, -0.15) is 0 Å². The molecular formula is C24H24ClN7O3. The summed E-state index contributed by atoms with van der Waals surface area (Å²) in [4.78, 5) is 39.9. The maximum Gasteiger partial charge on any atom is 0.276 e. The van der Waals surface area contributed by atoms with Gasteiger partial charge in [0, 0.05) is 18.8 Å². The van der Waals surface area contributed by atoms with E-state index in [0.29, 0.717) is 5.69 Å². The van der Waals surface area contributed by atoms with Crippen molar-refractivity contribution in [2.45, 2.75) is 25.9 Å².